The van der Waals surface area contributed by atoms with Crippen molar-refractivity contribution in [2.24, 2.45) is 4.99 Å². The lowest BCUT2D eigenvalue weighted by atomic mass is 10.2. The van der Waals surface area contributed by atoms with Gasteiger partial charge in [-0.25, -0.2) is 4.99 Å². The van der Waals surface area contributed by atoms with Gasteiger partial charge in [0.15, 0.2) is 5.96 Å². The fourth-order valence-electron chi connectivity index (χ4n) is 2.93. The summed E-state index contributed by atoms with van der Waals surface area (Å²) in [5, 5.41) is 6.43. The average molecular weight is 427 g/mol. The van der Waals surface area contributed by atoms with Crippen molar-refractivity contribution in [3.8, 4) is 5.75 Å². The molecule has 7 heteroatoms. The second-order valence-electron chi connectivity index (χ2n) is 6.94. The number of carbonyl (C=O) groups is 1. The van der Waals surface area contributed by atoms with Gasteiger partial charge in [0.05, 0.1) is 6.61 Å². The first-order valence-corrected chi connectivity index (χ1v) is 10.7. The number of aliphatic imine (C=N–C) groups is 1. The first-order chi connectivity index (χ1) is 15.2. The van der Waals surface area contributed by atoms with E-state index in [0.717, 1.165) is 23.4 Å². The molecule has 7 nitrogen and oxygen atoms in total. The predicted molar refractivity (Wildman–Crippen MR) is 126 cm³/mol. The maximum absolute atomic E-state index is 12.7. The van der Waals surface area contributed by atoms with Crippen LogP contribution in [0.15, 0.2) is 59.6 Å². The van der Waals surface area contributed by atoms with Gasteiger partial charge in [-0.3, -0.25) is 4.79 Å². The lowest BCUT2D eigenvalue weighted by molar-refractivity contribution is -0.130. The van der Waals surface area contributed by atoms with Crippen LogP contribution in [0.1, 0.15) is 25.8 Å². The normalized spacial score (nSPS) is 11.1. The third kappa shape index (κ3) is 9.09. The minimum Gasteiger partial charge on any atom is -0.493 e. The summed E-state index contributed by atoms with van der Waals surface area (Å²) in [7, 11) is 1.68. The van der Waals surface area contributed by atoms with Crippen molar-refractivity contribution in [3.05, 3.63) is 60.2 Å². The van der Waals surface area contributed by atoms with Gasteiger partial charge in [-0.1, -0.05) is 36.4 Å². The Hall–Kier alpha value is -3.06. The highest BCUT2D eigenvalue weighted by Gasteiger charge is 2.12. The number of hydrogen-bond acceptors (Lipinski definition) is 4. The molecular weight excluding hydrogens is 392 g/mol. The Morgan fingerprint density at radius 3 is 2.58 bits per heavy atom. The number of rotatable bonds is 12. The Kier molecular flexibility index (Phi) is 11.0. The number of nitrogens with zero attached hydrogens (tertiary/aromatic N) is 2. The van der Waals surface area contributed by atoms with Crippen molar-refractivity contribution >= 4 is 17.6 Å². The van der Waals surface area contributed by atoms with E-state index in [9.17, 15) is 4.79 Å². The second kappa shape index (κ2) is 14.0. The van der Waals surface area contributed by atoms with Crippen LogP contribution in [0, 0.1) is 0 Å². The molecule has 2 N–H and O–H groups in total. The van der Waals surface area contributed by atoms with Gasteiger partial charge in [-0.05, 0) is 31.5 Å². The summed E-state index contributed by atoms with van der Waals surface area (Å²) in [5.41, 5.74) is 1.95. The Morgan fingerprint density at radius 1 is 1.06 bits per heavy atom. The highest BCUT2D eigenvalue weighted by molar-refractivity contribution is 5.95. The zero-order valence-electron chi connectivity index (χ0n) is 18.8. The van der Waals surface area contributed by atoms with E-state index in [2.05, 4.69) is 15.6 Å². The standard InChI is InChI=1S/C24H34N4O3/c1-4-25-24(27-21-13-9-14-22(17-21)31-16-10-15-30-3)26-18-23(29)28(5-2)19-20-11-7-6-8-12-20/h6-9,11-14,17H,4-5,10,15-16,18-19H2,1-3H3,(H2,25,26,27). The maximum Gasteiger partial charge on any atom is 0.244 e. The number of nitrogens with one attached hydrogen (secondary N) is 2. The fourth-order valence-corrected chi connectivity index (χ4v) is 2.93. The summed E-state index contributed by atoms with van der Waals surface area (Å²) in [4.78, 5) is 19.0. The molecule has 0 saturated carbocycles. The van der Waals surface area contributed by atoms with E-state index in [-0.39, 0.29) is 12.5 Å². The summed E-state index contributed by atoms with van der Waals surface area (Å²) < 4.78 is 10.8. The van der Waals surface area contributed by atoms with Crippen LogP contribution in [-0.2, 0) is 16.1 Å². The molecule has 0 spiro atoms. The third-order valence-corrected chi connectivity index (χ3v) is 4.53. The van der Waals surface area contributed by atoms with Crippen LogP contribution in [0.2, 0.25) is 0 Å². The number of benzene rings is 2. The van der Waals surface area contributed by atoms with Gasteiger partial charge in [0.2, 0.25) is 5.91 Å². The number of anilines is 1. The summed E-state index contributed by atoms with van der Waals surface area (Å²) >= 11 is 0. The summed E-state index contributed by atoms with van der Waals surface area (Å²) in [6.07, 6.45) is 0.831. The van der Waals surface area contributed by atoms with Crippen LogP contribution in [0.5, 0.6) is 5.75 Å². The fraction of sp³-hybridized carbons (Fsp3) is 0.417. The van der Waals surface area contributed by atoms with E-state index >= 15 is 0 Å². The van der Waals surface area contributed by atoms with E-state index in [4.69, 9.17) is 9.47 Å². The Morgan fingerprint density at radius 2 is 1.87 bits per heavy atom. The molecule has 0 aromatic heterocycles. The number of hydrogen-bond donors (Lipinski definition) is 2. The van der Waals surface area contributed by atoms with E-state index in [1.807, 2.05) is 68.4 Å². The molecule has 0 heterocycles. The van der Waals surface area contributed by atoms with E-state index in [1.165, 1.54) is 0 Å². The molecule has 0 unspecified atom stereocenters. The minimum atomic E-state index is -0.0150. The number of methoxy groups -OCH3 is 1. The van der Waals surface area contributed by atoms with Crippen LogP contribution < -0.4 is 15.4 Å². The summed E-state index contributed by atoms with van der Waals surface area (Å²) in [5.74, 6) is 1.31. The SMILES string of the molecule is CCNC(=NCC(=O)N(CC)Cc1ccccc1)Nc1cccc(OCCCOC)c1. The molecule has 0 aliphatic carbocycles. The van der Waals surface area contributed by atoms with Crippen LogP contribution in [0.4, 0.5) is 5.69 Å². The minimum absolute atomic E-state index is 0.0150. The molecule has 2 aromatic rings. The topological polar surface area (TPSA) is 75.2 Å². The monoisotopic (exact) mass is 426 g/mol. The number of likely N-dealkylation sites (N-methyl/N-ethyl adjacent to an activating group) is 1. The molecule has 168 valence electrons. The van der Waals surface area contributed by atoms with Crippen molar-refractivity contribution in [2.45, 2.75) is 26.8 Å². The number of ether oxygens (including phenoxy) is 2. The Labute approximate surface area is 185 Å². The van der Waals surface area contributed by atoms with Gasteiger partial charge in [0.1, 0.15) is 12.3 Å². The summed E-state index contributed by atoms with van der Waals surface area (Å²) in [6.45, 7) is 7.20. The molecule has 2 aromatic carbocycles. The molecule has 31 heavy (non-hydrogen) atoms. The predicted octanol–water partition coefficient (Wildman–Crippen LogP) is 3.53. The van der Waals surface area contributed by atoms with E-state index in [1.54, 1.807) is 12.0 Å². The Bertz CT molecular complexity index is 811. The lowest BCUT2D eigenvalue weighted by Gasteiger charge is -2.20. The molecule has 0 aliphatic heterocycles. The molecule has 1 amide bonds. The van der Waals surface area contributed by atoms with Crippen LogP contribution in [0.3, 0.4) is 0 Å². The molecule has 2 rings (SSSR count). The lowest BCUT2D eigenvalue weighted by Crippen LogP contribution is -2.35. The van der Waals surface area contributed by atoms with Gasteiger partial charge in [-0.15, -0.1) is 0 Å². The highest BCUT2D eigenvalue weighted by Crippen LogP contribution is 2.17. The molecule has 0 fully saturated rings. The molecule has 0 saturated heterocycles. The van der Waals surface area contributed by atoms with Gasteiger partial charge in [0, 0.05) is 51.5 Å². The molecular formula is C24H34N4O3. The quantitative estimate of drug-likeness (QED) is 0.309. The van der Waals surface area contributed by atoms with Crippen LogP contribution >= 0.6 is 0 Å². The van der Waals surface area contributed by atoms with Crippen LogP contribution in [-0.4, -0.2) is 56.7 Å². The highest BCUT2D eigenvalue weighted by atomic mass is 16.5. The van der Waals surface area contributed by atoms with Crippen molar-refractivity contribution in [1.29, 1.82) is 0 Å². The zero-order chi connectivity index (χ0) is 22.3. The van der Waals surface area contributed by atoms with Gasteiger partial charge >= 0.3 is 0 Å². The molecule has 0 aliphatic rings. The van der Waals surface area contributed by atoms with Crippen molar-refractivity contribution in [1.82, 2.24) is 10.2 Å². The van der Waals surface area contributed by atoms with Crippen molar-refractivity contribution in [2.75, 3.05) is 45.3 Å². The number of carbonyl (C=O) groups excluding carboxylic acids is 1. The van der Waals surface area contributed by atoms with Crippen molar-refractivity contribution in [3.63, 3.8) is 0 Å². The van der Waals surface area contributed by atoms with Gasteiger partial charge in [0.25, 0.3) is 0 Å². The average Bonchev–Trinajstić information content (AvgIpc) is 2.79. The van der Waals surface area contributed by atoms with Gasteiger partial charge < -0.3 is 25.0 Å². The molecule has 0 atom stereocenters. The molecule has 0 radical (unpaired) electrons. The number of guanidine groups is 1. The first-order valence-electron chi connectivity index (χ1n) is 10.7. The van der Waals surface area contributed by atoms with Crippen molar-refractivity contribution < 1.29 is 14.3 Å². The second-order valence-corrected chi connectivity index (χ2v) is 6.94. The number of amides is 1. The van der Waals surface area contributed by atoms with Gasteiger partial charge in [-0.2, -0.15) is 0 Å². The smallest absolute Gasteiger partial charge is 0.244 e. The largest absolute Gasteiger partial charge is 0.493 e. The van der Waals surface area contributed by atoms with E-state index < -0.39 is 0 Å². The maximum atomic E-state index is 12.7. The molecule has 0 bridgehead atoms. The van der Waals surface area contributed by atoms with Crippen LogP contribution in [0.25, 0.3) is 0 Å². The third-order valence-electron chi connectivity index (χ3n) is 4.53. The zero-order valence-corrected chi connectivity index (χ0v) is 18.8. The Balaban J connectivity index is 1.96. The summed E-state index contributed by atoms with van der Waals surface area (Å²) in [6, 6.07) is 17.7. The first kappa shape index (κ1) is 24.2. The van der Waals surface area contributed by atoms with E-state index in [0.29, 0.717) is 38.8 Å².